The van der Waals surface area contributed by atoms with Crippen LogP contribution in [-0.4, -0.2) is 25.8 Å². The molecular formula is C20H20F4N2O3. The topological polar surface area (TPSA) is 71.3 Å². The summed E-state index contributed by atoms with van der Waals surface area (Å²) in [6.45, 7) is 4.71. The summed E-state index contributed by atoms with van der Waals surface area (Å²) >= 11 is 0. The van der Waals surface area contributed by atoms with E-state index in [-0.39, 0.29) is 29.0 Å². The summed E-state index contributed by atoms with van der Waals surface area (Å²) in [5.74, 6) is -3.23. The average molecular weight is 412 g/mol. The van der Waals surface area contributed by atoms with Crippen molar-refractivity contribution in [2.24, 2.45) is 0 Å². The van der Waals surface area contributed by atoms with E-state index < -0.39 is 35.5 Å². The lowest BCUT2D eigenvalue weighted by Gasteiger charge is -2.30. The summed E-state index contributed by atoms with van der Waals surface area (Å²) in [7, 11) is 1.38. The molecule has 1 aromatic carbocycles. The predicted octanol–water partition coefficient (Wildman–Crippen LogP) is 4.18. The van der Waals surface area contributed by atoms with E-state index in [9.17, 15) is 27.6 Å². The molecule has 5 nitrogen and oxygen atoms in total. The maximum atomic E-state index is 14.8. The van der Waals surface area contributed by atoms with Crippen molar-refractivity contribution in [3.05, 3.63) is 57.7 Å². The first-order valence-corrected chi connectivity index (χ1v) is 8.68. The van der Waals surface area contributed by atoms with Gasteiger partial charge >= 0.3 is 12.1 Å². The van der Waals surface area contributed by atoms with E-state index in [2.05, 4.69) is 5.32 Å². The number of hydrogen-bond acceptors (Lipinski definition) is 5. The quantitative estimate of drug-likeness (QED) is 0.580. The molecule has 2 rings (SSSR count). The Balaban J connectivity index is 2.71. The van der Waals surface area contributed by atoms with E-state index in [4.69, 9.17) is 9.47 Å². The lowest BCUT2D eigenvalue weighted by Crippen LogP contribution is -2.32. The number of carbonyl (C=O) groups excluding carboxylic acids is 1. The highest BCUT2D eigenvalue weighted by Crippen LogP contribution is 2.41. The van der Waals surface area contributed by atoms with Gasteiger partial charge in [0.15, 0.2) is 0 Å². The number of dihydropyridines is 1. The van der Waals surface area contributed by atoms with Crippen LogP contribution < -0.4 is 5.32 Å². The molecule has 0 amide bonds. The largest absolute Gasteiger partial charge is 0.460 e. The summed E-state index contributed by atoms with van der Waals surface area (Å²) in [5.41, 5.74) is -0.900. The molecule has 1 aliphatic heterocycles. The molecule has 1 aromatic rings. The van der Waals surface area contributed by atoms with Gasteiger partial charge in [0, 0.05) is 18.4 Å². The van der Waals surface area contributed by atoms with Crippen LogP contribution in [0, 0.1) is 17.1 Å². The highest BCUT2D eigenvalue weighted by Gasteiger charge is 2.38. The Labute approximate surface area is 165 Å². The zero-order valence-corrected chi connectivity index (χ0v) is 16.3. The van der Waals surface area contributed by atoms with Gasteiger partial charge in [-0.2, -0.15) is 18.4 Å². The molecule has 1 unspecified atom stereocenters. The van der Waals surface area contributed by atoms with Crippen LogP contribution in [0.3, 0.4) is 0 Å². The Morgan fingerprint density at radius 3 is 2.48 bits per heavy atom. The molecule has 0 aromatic heterocycles. The van der Waals surface area contributed by atoms with E-state index in [0.29, 0.717) is 17.8 Å². The van der Waals surface area contributed by atoms with Crippen LogP contribution in [0.4, 0.5) is 17.6 Å². The molecule has 0 fully saturated rings. The number of benzene rings is 1. The van der Waals surface area contributed by atoms with Crippen LogP contribution in [0.2, 0.25) is 0 Å². The van der Waals surface area contributed by atoms with Gasteiger partial charge in [-0.25, -0.2) is 9.18 Å². The summed E-state index contributed by atoms with van der Waals surface area (Å²) in [4.78, 5) is 12.8. The molecular weight excluding hydrogens is 392 g/mol. The van der Waals surface area contributed by atoms with Crippen molar-refractivity contribution >= 4 is 5.97 Å². The van der Waals surface area contributed by atoms with Crippen molar-refractivity contribution < 1.29 is 31.8 Å². The monoisotopic (exact) mass is 412 g/mol. The fourth-order valence-corrected chi connectivity index (χ4v) is 3.07. The van der Waals surface area contributed by atoms with Crippen LogP contribution in [0.15, 0.2) is 40.7 Å². The molecule has 1 N–H and O–H groups in total. The summed E-state index contributed by atoms with van der Waals surface area (Å²) in [6, 6.07) is 3.92. The van der Waals surface area contributed by atoms with E-state index >= 15 is 0 Å². The van der Waals surface area contributed by atoms with Crippen LogP contribution in [0.25, 0.3) is 0 Å². The molecule has 9 heteroatoms. The van der Waals surface area contributed by atoms with Gasteiger partial charge in [0.25, 0.3) is 0 Å². The number of esters is 1. The number of nitrogens with one attached hydrogen (secondary N) is 1. The van der Waals surface area contributed by atoms with Crippen molar-refractivity contribution in [1.82, 2.24) is 5.32 Å². The van der Waals surface area contributed by atoms with Crippen LogP contribution in [0.1, 0.15) is 37.8 Å². The number of ether oxygens (including phenoxy) is 2. The van der Waals surface area contributed by atoms with Crippen molar-refractivity contribution in [3.8, 4) is 6.07 Å². The number of nitrogens with zero attached hydrogens (tertiary/aromatic N) is 1. The molecule has 0 bridgehead atoms. The minimum Gasteiger partial charge on any atom is -0.460 e. The third kappa shape index (κ3) is 4.77. The smallest absolute Gasteiger partial charge is 0.416 e. The standard InChI is InChI=1S/C20H20F4N2O3/c1-10(2)29-19(27)18-16(9-28-4)26-11(3)14(8-25)17(18)13-6-5-12(7-15(13)21)20(22,23)24/h5-7,10,17,26H,9H2,1-4H3. The Kier molecular flexibility index (Phi) is 6.69. The van der Waals surface area contributed by atoms with Gasteiger partial charge < -0.3 is 14.8 Å². The second-order valence-electron chi connectivity index (χ2n) is 6.72. The fraction of sp³-hybridized carbons (Fsp3) is 0.400. The number of halogens is 4. The highest BCUT2D eigenvalue weighted by atomic mass is 19.4. The number of hydrogen-bond donors (Lipinski definition) is 1. The van der Waals surface area contributed by atoms with Crippen molar-refractivity contribution in [2.45, 2.75) is 39.0 Å². The molecule has 0 aliphatic carbocycles. The third-order valence-corrected chi connectivity index (χ3v) is 4.26. The fourth-order valence-electron chi connectivity index (χ4n) is 3.07. The van der Waals surface area contributed by atoms with Gasteiger partial charge in [-0.05, 0) is 32.9 Å². The van der Waals surface area contributed by atoms with E-state index in [0.717, 1.165) is 6.07 Å². The van der Waals surface area contributed by atoms with E-state index in [1.807, 2.05) is 6.07 Å². The minimum atomic E-state index is -4.73. The first kappa shape index (κ1) is 22.4. The van der Waals surface area contributed by atoms with E-state index in [1.165, 1.54) is 7.11 Å². The summed E-state index contributed by atoms with van der Waals surface area (Å²) in [5, 5.41) is 12.5. The first-order valence-electron chi connectivity index (χ1n) is 8.68. The van der Waals surface area contributed by atoms with Crippen LogP contribution >= 0.6 is 0 Å². The predicted molar refractivity (Wildman–Crippen MR) is 95.7 cm³/mol. The van der Waals surface area contributed by atoms with Crippen molar-refractivity contribution in [3.63, 3.8) is 0 Å². The van der Waals surface area contributed by atoms with Crippen LogP contribution in [-0.2, 0) is 20.4 Å². The second kappa shape index (κ2) is 8.66. The van der Waals surface area contributed by atoms with Crippen molar-refractivity contribution in [1.29, 1.82) is 5.26 Å². The number of alkyl halides is 3. The molecule has 1 aliphatic rings. The number of carbonyl (C=O) groups is 1. The Morgan fingerprint density at radius 1 is 1.34 bits per heavy atom. The van der Waals surface area contributed by atoms with Gasteiger partial charge in [0.05, 0.1) is 47.1 Å². The van der Waals surface area contributed by atoms with Gasteiger partial charge in [-0.3, -0.25) is 0 Å². The number of nitriles is 1. The number of methoxy groups -OCH3 is 1. The molecule has 1 heterocycles. The summed E-state index contributed by atoms with van der Waals surface area (Å²) < 4.78 is 63.8. The second-order valence-corrected chi connectivity index (χ2v) is 6.72. The Morgan fingerprint density at radius 2 is 2.00 bits per heavy atom. The van der Waals surface area contributed by atoms with Crippen LogP contribution in [0.5, 0.6) is 0 Å². The molecule has 0 spiro atoms. The van der Waals surface area contributed by atoms with Gasteiger partial charge in [0.1, 0.15) is 5.82 Å². The molecule has 29 heavy (non-hydrogen) atoms. The Bertz CT molecular complexity index is 911. The lowest BCUT2D eigenvalue weighted by molar-refractivity contribution is -0.143. The molecule has 156 valence electrons. The first-order chi connectivity index (χ1) is 13.5. The molecule has 0 saturated heterocycles. The van der Waals surface area contributed by atoms with Gasteiger partial charge in [0.2, 0.25) is 0 Å². The minimum absolute atomic E-state index is 0.000724. The number of allylic oxidation sites excluding steroid dienone is 2. The van der Waals surface area contributed by atoms with Gasteiger partial charge in [-0.15, -0.1) is 0 Å². The number of rotatable bonds is 5. The normalized spacial score (nSPS) is 17.3. The maximum absolute atomic E-state index is 14.8. The molecule has 1 atom stereocenters. The molecule has 0 saturated carbocycles. The highest BCUT2D eigenvalue weighted by molar-refractivity contribution is 5.93. The average Bonchev–Trinajstić information content (AvgIpc) is 2.60. The zero-order chi connectivity index (χ0) is 21.9. The lowest BCUT2D eigenvalue weighted by atomic mass is 9.80. The summed E-state index contributed by atoms with van der Waals surface area (Å²) in [6.07, 6.45) is -5.23. The Hall–Kier alpha value is -2.86. The van der Waals surface area contributed by atoms with E-state index in [1.54, 1.807) is 20.8 Å². The molecule has 0 radical (unpaired) electrons. The maximum Gasteiger partial charge on any atom is 0.416 e. The zero-order valence-electron chi connectivity index (χ0n) is 16.3. The third-order valence-electron chi connectivity index (χ3n) is 4.26. The van der Waals surface area contributed by atoms with Gasteiger partial charge in [-0.1, -0.05) is 6.07 Å². The SMILES string of the molecule is COCC1=C(C(=O)OC(C)C)C(c2ccc(C(F)(F)F)cc2F)C(C#N)=C(C)N1. The van der Waals surface area contributed by atoms with Crippen molar-refractivity contribution in [2.75, 3.05) is 13.7 Å².